The highest BCUT2D eigenvalue weighted by Gasteiger charge is 2.55. The van der Waals surface area contributed by atoms with Crippen molar-refractivity contribution in [2.45, 2.75) is 168 Å². The molecule has 5 nitrogen and oxygen atoms in total. The van der Waals surface area contributed by atoms with Crippen LogP contribution in [0.1, 0.15) is 149 Å². The van der Waals surface area contributed by atoms with E-state index in [0.29, 0.717) is 35.3 Å². The number of aryl methyl sites for hydroxylation is 1. The molecule has 51 heavy (non-hydrogen) atoms. The second kappa shape index (κ2) is 18.9. The maximum Gasteiger partial charge on any atom is 0.415 e. The van der Waals surface area contributed by atoms with Gasteiger partial charge in [0.25, 0.3) is 0 Å². The van der Waals surface area contributed by atoms with E-state index in [1.165, 1.54) is 82.0 Å². The molecular formula is C43H72BFN2O3S. The number of nitrogens with zero attached hydrogens (tertiary/aromatic N) is 2. The van der Waals surface area contributed by atoms with E-state index in [1.807, 2.05) is 12.0 Å². The molecule has 6 unspecified atom stereocenters. The molecule has 6 rings (SSSR count). The van der Waals surface area contributed by atoms with Gasteiger partial charge < -0.3 is 19.3 Å². The molecule has 2 heterocycles. The van der Waals surface area contributed by atoms with Crippen molar-refractivity contribution in [1.29, 1.82) is 0 Å². The largest absolute Gasteiger partial charge is 0.415 e. The molecule has 1 amide bonds. The summed E-state index contributed by atoms with van der Waals surface area (Å²) in [5.74, 6) is 3.68. The molecule has 1 aromatic rings. The summed E-state index contributed by atoms with van der Waals surface area (Å²) in [6.45, 7) is 19.1. The van der Waals surface area contributed by atoms with Crippen molar-refractivity contribution >= 4 is 26.6 Å². The van der Waals surface area contributed by atoms with E-state index in [4.69, 9.17) is 17.3 Å². The van der Waals surface area contributed by atoms with E-state index in [-0.39, 0.29) is 6.09 Å². The van der Waals surface area contributed by atoms with Gasteiger partial charge in [-0.15, -0.1) is 0 Å². The number of likely N-dealkylation sites (tertiary alicyclic amines) is 2. The fourth-order valence-electron chi connectivity index (χ4n) is 9.54. The van der Waals surface area contributed by atoms with Gasteiger partial charge in [0.2, 0.25) is 0 Å². The van der Waals surface area contributed by atoms with Crippen molar-refractivity contribution in [1.82, 2.24) is 9.80 Å². The van der Waals surface area contributed by atoms with Gasteiger partial charge in [-0.3, -0.25) is 0 Å². The lowest BCUT2D eigenvalue weighted by Crippen LogP contribution is -2.46. The number of fused-ring (bicyclic) bond motifs is 5. The first kappa shape index (κ1) is 42.5. The number of hydrogen-bond acceptors (Lipinski definition) is 5. The number of carbonyl (C=O) groups is 1. The van der Waals surface area contributed by atoms with Crippen LogP contribution in [0.4, 0.5) is 9.18 Å². The third kappa shape index (κ3) is 10.9. The molecule has 2 aliphatic heterocycles. The Balaban J connectivity index is 0.000000286. The van der Waals surface area contributed by atoms with Crippen LogP contribution in [-0.2, 0) is 11.2 Å². The van der Waals surface area contributed by atoms with Crippen LogP contribution in [0, 0.1) is 22.7 Å². The standard InChI is InChI=1S/C29H42N2O3.C7H14BFS.C7H16/c1-29-14-11-24-23-8-6-22(19-20(23)5-7-25(24)26(29)9-10-27(29)33-2)34-28(32)31-17-12-21(13-18-31)30-15-3-4-16-30;1-7(2,8)6(9)4-3-5-10;1-5-7(3,4)6-2/h6,8,19,21,24-27H,3-5,7,9-18H2,1-2H3;6,10H,3-5H2,1-2H3;5-6H2,1-4H3. The first-order valence-electron chi connectivity index (χ1n) is 20.6. The summed E-state index contributed by atoms with van der Waals surface area (Å²) in [4.78, 5) is 17.4. The molecule has 1 aromatic carbocycles. The summed E-state index contributed by atoms with van der Waals surface area (Å²) in [6.07, 6.45) is 15.5. The van der Waals surface area contributed by atoms with Crippen molar-refractivity contribution in [3.8, 4) is 5.75 Å². The number of halogens is 1. The maximum atomic E-state index is 12.9. The van der Waals surface area contributed by atoms with E-state index >= 15 is 0 Å². The van der Waals surface area contributed by atoms with E-state index in [9.17, 15) is 9.18 Å². The van der Waals surface area contributed by atoms with Crippen LogP contribution < -0.4 is 4.74 Å². The van der Waals surface area contributed by atoms with E-state index in [1.54, 1.807) is 13.8 Å². The molecule has 6 atom stereocenters. The number of hydrogen-bond donors (Lipinski definition) is 1. The predicted octanol–water partition coefficient (Wildman–Crippen LogP) is 10.9. The number of amides is 1. The minimum absolute atomic E-state index is 0.168. The van der Waals surface area contributed by atoms with Crippen molar-refractivity contribution in [3.63, 3.8) is 0 Å². The smallest absolute Gasteiger partial charge is 0.410 e. The number of piperidine rings is 1. The van der Waals surface area contributed by atoms with Gasteiger partial charge >= 0.3 is 6.09 Å². The highest BCUT2D eigenvalue weighted by molar-refractivity contribution is 7.80. The van der Waals surface area contributed by atoms with E-state index < -0.39 is 11.5 Å². The monoisotopic (exact) mass is 727 g/mol. The van der Waals surface area contributed by atoms with Crippen molar-refractivity contribution in [2.24, 2.45) is 22.7 Å². The van der Waals surface area contributed by atoms with Crippen molar-refractivity contribution in [2.75, 3.05) is 39.0 Å². The first-order chi connectivity index (χ1) is 24.2. The van der Waals surface area contributed by atoms with E-state index in [0.717, 1.165) is 62.1 Å². The average molecular weight is 727 g/mol. The quantitative estimate of drug-likeness (QED) is 0.203. The lowest BCUT2D eigenvalue weighted by molar-refractivity contribution is -0.0444. The fourth-order valence-corrected chi connectivity index (χ4v) is 9.72. The maximum absolute atomic E-state index is 12.9. The Morgan fingerprint density at radius 2 is 1.69 bits per heavy atom. The predicted molar refractivity (Wildman–Crippen MR) is 215 cm³/mol. The summed E-state index contributed by atoms with van der Waals surface area (Å²) in [7, 11) is 7.42. The first-order valence-corrected chi connectivity index (χ1v) is 21.2. The summed E-state index contributed by atoms with van der Waals surface area (Å²) in [5, 5.41) is -0.692. The third-order valence-corrected chi connectivity index (χ3v) is 14.1. The number of ether oxygens (including phenoxy) is 2. The number of alkyl halides is 1. The Bertz CT molecular complexity index is 1220. The SMILES string of the molecule is CCC(C)(C)CC.COC1CCC2C3CCc4cc(OC(=O)N5CCC(N6CCCC6)CC5)ccc4C3CCC12C.[B]C(C)(C)C(F)CCCS. The van der Waals surface area contributed by atoms with Crippen LogP contribution >= 0.6 is 12.6 Å². The molecule has 0 bridgehead atoms. The Labute approximate surface area is 318 Å². The molecular weight excluding hydrogens is 654 g/mol. The molecule has 3 aliphatic carbocycles. The van der Waals surface area contributed by atoms with Gasteiger partial charge in [-0.25, -0.2) is 9.18 Å². The number of benzene rings is 1. The Hall–Kier alpha value is -1.25. The molecule has 2 radical (unpaired) electrons. The molecule has 0 aromatic heterocycles. The molecule has 5 aliphatic rings. The second-order valence-corrected chi connectivity index (χ2v) is 18.4. The van der Waals surface area contributed by atoms with Gasteiger partial charge in [0.05, 0.1) is 20.1 Å². The zero-order chi connectivity index (χ0) is 37.4. The Kier molecular flexibility index (Phi) is 15.7. The van der Waals surface area contributed by atoms with Crippen LogP contribution in [-0.4, -0.2) is 81.1 Å². The van der Waals surface area contributed by atoms with Gasteiger partial charge in [-0.05, 0) is 153 Å². The summed E-state index contributed by atoms with van der Waals surface area (Å²) in [5.41, 5.74) is 3.86. The lowest BCUT2D eigenvalue weighted by Gasteiger charge is -2.50. The second-order valence-electron chi connectivity index (χ2n) is 18.0. The summed E-state index contributed by atoms with van der Waals surface area (Å²) in [6, 6.07) is 7.15. The fraction of sp³-hybridized carbons (Fsp3) is 0.837. The molecule has 2 saturated carbocycles. The summed E-state index contributed by atoms with van der Waals surface area (Å²) >= 11 is 3.98. The number of thiol groups is 1. The number of carbonyl (C=O) groups excluding carboxylic acids is 1. The number of methoxy groups -OCH3 is 1. The molecule has 288 valence electrons. The molecule has 0 spiro atoms. The highest BCUT2D eigenvalue weighted by Crippen LogP contribution is 2.61. The molecule has 8 heteroatoms. The van der Waals surface area contributed by atoms with Gasteiger partial charge in [0.1, 0.15) is 5.75 Å². The van der Waals surface area contributed by atoms with Crippen LogP contribution in [0.2, 0.25) is 5.31 Å². The third-order valence-electron chi connectivity index (χ3n) is 13.8. The Morgan fingerprint density at radius 1 is 1.02 bits per heavy atom. The highest BCUT2D eigenvalue weighted by atomic mass is 32.1. The van der Waals surface area contributed by atoms with Crippen LogP contribution in [0.25, 0.3) is 0 Å². The average Bonchev–Trinajstić information content (AvgIpc) is 3.78. The van der Waals surface area contributed by atoms with Gasteiger partial charge in [-0.2, -0.15) is 12.6 Å². The lowest BCUT2D eigenvalue weighted by atomic mass is 9.55. The zero-order valence-corrected chi connectivity index (χ0v) is 34.5. The van der Waals surface area contributed by atoms with Gasteiger partial charge in [0.15, 0.2) is 0 Å². The van der Waals surface area contributed by atoms with Crippen molar-refractivity contribution in [3.05, 3.63) is 29.3 Å². The zero-order valence-electron chi connectivity index (χ0n) is 33.7. The minimum atomic E-state index is -0.903. The number of rotatable bonds is 9. The molecule has 2 saturated heterocycles. The van der Waals surface area contributed by atoms with Crippen LogP contribution in [0.3, 0.4) is 0 Å². The van der Waals surface area contributed by atoms with Crippen molar-refractivity contribution < 1.29 is 18.7 Å². The van der Waals surface area contributed by atoms with Crippen LogP contribution in [0.5, 0.6) is 5.75 Å². The van der Waals surface area contributed by atoms with E-state index in [2.05, 4.69) is 70.3 Å². The summed E-state index contributed by atoms with van der Waals surface area (Å²) < 4.78 is 24.7. The van der Waals surface area contributed by atoms with Crippen LogP contribution in [0.15, 0.2) is 18.2 Å². The minimum Gasteiger partial charge on any atom is -0.410 e. The molecule has 4 fully saturated rings. The van der Waals surface area contributed by atoms with Gasteiger partial charge in [-0.1, -0.05) is 67.4 Å². The molecule has 0 N–H and O–H groups in total. The normalized spacial score (nSPS) is 28.7. The topological polar surface area (TPSA) is 42.0 Å². The van der Waals surface area contributed by atoms with Gasteiger partial charge in [0, 0.05) is 26.2 Å². The Morgan fingerprint density at radius 3 is 2.25 bits per heavy atom.